The van der Waals surface area contributed by atoms with Crippen molar-refractivity contribution in [2.24, 2.45) is 5.92 Å². The Morgan fingerprint density at radius 2 is 1.93 bits per heavy atom. The smallest absolute Gasteiger partial charge is 0.224 e. The molecule has 2 aromatic carbocycles. The molecule has 4 nitrogen and oxygen atoms in total. The van der Waals surface area contributed by atoms with Crippen LogP contribution >= 0.6 is 0 Å². The summed E-state index contributed by atoms with van der Waals surface area (Å²) in [5, 5.41) is 3.20. The lowest BCUT2D eigenvalue weighted by molar-refractivity contribution is -0.128. The summed E-state index contributed by atoms with van der Waals surface area (Å²) in [7, 11) is 0. The monoisotopic (exact) mass is 414 g/mol. The lowest BCUT2D eigenvalue weighted by atomic mass is 9.95. The summed E-state index contributed by atoms with van der Waals surface area (Å²) in [4.78, 5) is 15.0. The molecule has 2 heterocycles. The largest absolute Gasteiger partial charge is 0.381 e. The van der Waals surface area contributed by atoms with Gasteiger partial charge in [0.1, 0.15) is 11.6 Å². The number of carbonyl (C=O) groups excluding carboxylic acids is 1. The normalized spacial score (nSPS) is 20.8. The molecule has 1 N–H and O–H groups in total. The van der Waals surface area contributed by atoms with Gasteiger partial charge in [-0.2, -0.15) is 0 Å². The van der Waals surface area contributed by atoms with Crippen LogP contribution in [0, 0.1) is 17.6 Å². The van der Waals surface area contributed by atoms with Crippen molar-refractivity contribution in [2.75, 3.05) is 26.3 Å². The molecule has 160 valence electrons. The summed E-state index contributed by atoms with van der Waals surface area (Å²) >= 11 is 0. The van der Waals surface area contributed by atoms with Crippen molar-refractivity contribution in [3.63, 3.8) is 0 Å². The number of likely N-dealkylation sites (tertiary alicyclic amines) is 1. The second-order valence-corrected chi connectivity index (χ2v) is 8.29. The number of piperidine rings is 1. The van der Waals surface area contributed by atoms with Crippen molar-refractivity contribution in [2.45, 2.75) is 38.3 Å². The number of nitrogens with zero attached hydrogens (tertiary/aromatic N) is 1. The van der Waals surface area contributed by atoms with Crippen molar-refractivity contribution in [1.82, 2.24) is 10.2 Å². The number of rotatable bonds is 5. The predicted molar refractivity (Wildman–Crippen MR) is 112 cm³/mol. The van der Waals surface area contributed by atoms with Gasteiger partial charge in [0.05, 0.1) is 5.92 Å². The Morgan fingerprint density at radius 1 is 1.10 bits per heavy atom. The van der Waals surface area contributed by atoms with Gasteiger partial charge in [0.15, 0.2) is 0 Å². The quantitative estimate of drug-likeness (QED) is 0.800. The Kier molecular flexibility index (Phi) is 6.75. The first-order valence-corrected chi connectivity index (χ1v) is 10.7. The highest BCUT2D eigenvalue weighted by Gasteiger charge is 2.27. The van der Waals surface area contributed by atoms with E-state index in [4.69, 9.17) is 4.74 Å². The molecule has 6 heteroatoms. The average Bonchev–Trinajstić information content (AvgIpc) is 2.75. The second-order valence-electron chi connectivity index (χ2n) is 8.29. The number of amides is 1. The summed E-state index contributed by atoms with van der Waals surface area (Å²) < 4.78 is 32.7. The third-order valence-electron chi connectivity index (χ3n) is 6.02. The molecule has 1 atom stereocenters. The van der Waals surface area contributed by atoms with Gasteiger partial charge in [-0.15, -0.1) is 0 Å². The molecular formula is C24H28F2N2O2. The molecule has 0 radical (unpaired) electrons. The van der Waals surface area contributed by atoms with Gasteiger partial charge in [-0.25, -0.2) is 8.78 Å². The molecule has 1 amide bonds. The Hall–Kier alpha value is -2.31. The molecule has 4 rings (SSSR count). The third-order valence-corrected chi connectivity index (χ3v) is 6.02. The predicted octanol–water partition coefficient (Wildman–Crippen LogP) is 4.14. The Balaban J connectivity index is 1.38. The lowest BCUT2D eigenvalue weighted by Gasteiger charge is -2.33. The van der Waals surface area contributed by atoms with Gasteiger partial charge >= 0.3 is 0 Å². The number of carbonyl (C=O) groups is 1. The fourth-order valence-electron chi connectivity index (χ4n) is 4.39. The maximum atomic E-state index is 14.2. The summed E-state index contributed by atoms with van der Waals surface area (Å²) in [5.41, 5.74) is 2.18. The molecule has 2 aliphatic rings. The molecule has 2 saturated heterocycles. The molecule has 1 unspecified atom stereocenters. The van der Waals surface area contributed by atoms with Gasteiger partial charge in [-0.1, -0.05) is 18.2 Å². The number of hydrogen-bond acceptors (Lipinski definition) is 3. The van der Waals surface area contributed by atoms with Crippen LogP contribution in [0.1, 0.15) is 31.2 Å². The van der Waals surface area contributed by atoms with Gasteiger partial charge in [0.25, 0.3) is 0 Å². The molecule has 0 aliphatic carbocycles. The summed E-state index contributed by atoms with van der Waals surface area (Å²) in [6.45, 7) is 3.80. The van der Waals surface area contributed by atoms with E-state index in [1.807, 2.05) is 24.3 Å². The standard InChI is InChI=1S/C24H28F2N2O2/c25-20-6-7-22(23(26)14-20)18-4-1-3-17(13-18)15-28-10-2-5-19(16-28)24(29)27-21-8-11-30-12-9-21/h1,3-4,6-7,13-14,19,21H,2,5,8-12,15-16H2,(H,27,29). The van der Waals surface area contributed by atoms with E-state index in [1.54, 1.807) is 0 Å². The number of nitrogens with one attached hydrogen (secondary N) is 1. The van der Waals surface area contributed by atoms with Crippen LogP contribution < -0.4 is 5.32 Å². The number of halogens is 2. The zero-order chi connectivity index (χ0) is 20.9. The first kappa shape index (κ1) is 20.9. The molecule has 2 fully saturated rings. The second kappa shape index (κ2) is 9.67. The highest BCUT2D eigenvalue weighted by atomic mass is 19.1. The van der Waals surface area contributed by atoms with E-state index < -0.39 is 11.6 Å². The minimum absolute atomic E-state index is 0.000629. The van der Waals surface area contributed by atoms with Crippen molar-refractivity contribution in [3.05, 3.63) is 59.7 Å². The van der Waals surface area contributed by atoms with E-state index in [9.17, 15) is 13.6 Å². The van der Waals surface area contributed by atoms with Gasteiger partial charge in [0.2, 0.25) is 5.91 Å². The van der Waals surface area contributed by atoms with E-state index in [0.717, 1.165) is 56.0 Å². The first-order valence-electron chi connectivity index (χ1n) is 10.7. The summed E-state index contributed by atoms with van der Waals surface area (Å²) in [5.74, 6) is -0.992. The Labute approximate surface area is 176 Å². The highest BCUT2D eigenvalue weighted by molar-refractivity contribution is 5.79. The highest BCUT2D eigenvalue weighted by Crippen LogP contribution is 2.26. The minimum Gasteiger partial charge on any atom is -0.381 e. The van der Waals surface area contributed by atoms with Gasteiger partial charge in [-0.3, -0.25) is 9.69 Å². The summed E-state index contributed by atoms with van der Waals surface area (Å²) in [6.07, 6.45) is 3.66. The van der Waals surface area contributed by atoms with Crippen molar-refractivity contribution < 1.29 is 18.3 Å². The fraction of sp³-hybridized carbons (Fsp3) is 0.458. The SMILES string of the molecule is O=C(NC1CCOCC1)C1CCCN(Cc2cccc(-c3ccc(F)cc3F)c2)C1. The molecule has 30 heavy (non-hydrogen) atoms. The van der Waals surface area contributed by atoms with E-state index in [2.05, 4.69) is 10.2 Å². The summed E-state index contributed by atoms with van der Waals surface area (Å²) in [6, 6.07) is 11.6. The topological polar surface area (TPSA) is 41.6 Å². The van der Waals surface area contributed by atoms with Gasteiger partial charge in [-0.05, 0) is 61.6 Å². The zero-order valence-corrected chi connectivity index (χ0v) is 17.1. The van der Waals surface area contributed by atoms with Crippen LogP contribution in [0.15, 0.2) is 42.5 Å². The Morgan fingerprint density at radius 3 is 2.73 bits per heavy atom. The molecule has 2 aliphatic heterocycles. The van der Waals surface area contributed by atoms with E-state index in [1.165, 1.54) is 12.1 Å². The number of benzene rings is 2. The van der Waals surface area contributed by atoms with Gasteiger partial charge in [0, 0.05) is 44.0 Å². The van der Waals surface area contributed by atoms with Crippen LogP contribution in [0.2, 0.25) is 0 Å². The Bertz CT molecular complexity index is 883. The first-order chi connectivity index (χ1) is 14.6. The van der Waals surface area contributed by atoms with Crippen molar-refractivity contribution in [1.29, 1.82) is 0 Å². The van der Waals surface area contributed by atoms with Crippen LogP contribution in [-0.4, -0.2) is 43.2 Å². The van der Waals surface area contributed by atoms with Crippen molar-refractivity contribution in [3.8, 4) is 11.1 Å². The molecule has 0 saturated carbocycles. The third kappa shape index (κ3) is 5.24. The van der Waals surface area contributed by atoms with E-state index in [-0.39, 0.29) is 17.9 Å². The van der Waals surface area contributed by atoms with Crippen LogP contribution in [0.4, 0.5) is 8.78 Å². The lowest BCUT2D eigenvalue weighted by Crippen LogP contribution is -2.47. The average molecular weight is 414 g/mol. The number of hydrogen-bond donors (Lipinski definition) is 1. The van der Waals surface area contributed by atoms with Crippen LogP contribution in [0.25, 0.3) is 11.1 Å². The van der Waals surface area contributed by atoms with Gasteiger partial charge < -0.3 is 10.1 Å². The minimum atomic E-state index is -0.578. The number of ether oxygens (including phenoxy) is 1. The van der Waals surface area contributed by atoms with Crippen LogP contribution in [0.5, 0.6) is 0 Å². The molecular weight excluding hydrogens is 386 g/mol. The zero-order valence-electron chi connectivity index (χ0n) is 17.1. The molecule has 2 aromatic rings. The van der Waals surface area contributed by atoms with Crippen LogP contribution in [-0.2, 0) is 16.1 Å². The van der Waals surface area contributed by atoms with E-state index in [0.29, 0.717) is 25.3 Å². The van der Waals surface area contributed by atoms with Crippen molar-refractivity contribution >= 4 is 5.91 Å². The fourth-order valence-corrected chi connectivity index (χ4v) is 4.39. The molecule has 0 bridgehead atoms. The maximum absolute atomic E-state index is 14.2. The molecule has 0 aromatic heterocycles. The molecule has 0 spiro atoms. The van der Waals surface area contributed by atoms with E-state index >= 15 is 0 Å². The maximum Gasteiger partial charge on any atom is 0.224 e. The van der Waals surface area contributed by atoms with Crippen LogP contribution in [0.3, 0.4) is 0 Å².